The number of nitrogens with zero attached hydrogens (tertiary/aromatic N) is 2. The lowest BCUT2D eigenvalue weighted by Crippen LogP contribution is -2.05. The number of hydrogen-bond donors (Lipinski definition) is 2. The normalized spacial score (nSPS) is 11.7. The van der Waals surface area contributed by atoms with Gasteiger partial charge < -0.3 is 10.4 Å². The number of aryl methyl sites for hydroxylation is 1. The molecule has 35 heavy (non-hydrogen) atoms. The number of nitrogens with one attached hydrogen (secondary N) is 1. The Morgan fingerprint density at radius 2 is 1.89 bits per heavy atom. The van der Waals surface area contributed by atoms with Gasteiger partial charge in [0, 0.05) is 22.9 Å². The number of aromatic carboxylic acids is 1. The van der Waals surface area contributed by atoms with Gasteiger partial charge in [0.1, 0.15) is 11.4 Å². The van der Waals surface area contributed by atoms with E-state index >= 15 is 0 Å². The molecule has 0 amide bonds. The van der Waals surface area contributed by atoms with Gasteiger partial charge in [-0.15, -0.1) is 11.3 Å². The van der Waals surface area contributed by atoms with E-state index in [2.05, 4.69) is 24.1 Å². The molecular formula is C25H25N3O4S3. The number of thiazole rings is 1. The number of carbonyl (C=O) groups is 1. The lowest BCUT2D eigenvalue weighted by atomic mass is 10.0. The standard InChI is InChI=1S/C25H25N3O4S3/c1-15(2)6-11-20-22(16-7-9-18(10-8-16)35(3,31)32)34-25(27-20)28-23-19(24(29)30)13-17(14-26-23)21-5-4-12-33-21/h4-5,7-10,12-15H,6,11H2,1-3H3,(H,29,30)(H,26,27,28). The Labute approximate surface area is 212 Å². The van der Waals surface area contributed by atoms with E-state index in [1.165, 1.54) is 28.9 Å². The topological polar surface area (TPSA) is 109 Å². The first-order valence-electron chi connectivity index (χ1n) is 11.0. The highest BCUT2D eigenvalue weighted by Gasteiger charge is 2.19. The minimum absolute atomic E-state index is 0.0638. The average molecular weight is 528 g/mol. The van der Waals surface area contributed by atoms with E-state index in [1.54, 1.807) is 36.5 Å². The molecule has 0 saturated carbocycles. The van der Waals surface area contributed by atoms with Gasteiger partial charge in [0.05, 0.1) is 15.5 Å². The Morgan fingerprint density at radius 1 is 1.14 bits per heavy atom. The molecule has 0 aliphatic carbocycles. The van der Waals surface area contributed by atoms with Crippen molar-refractivity contribution < 1.29 is 18.3 Å². The van der Waals surface area contributed by atoms with Crippen LogP contribution in [-0.4, -0.2) is 35.7 Å². The Kier molecular flexibility index (Phi) is 7.34. The molecule has 7 nitrogen and oxygen atoms in total. The molecule has 0 saturated heterocycles. The maximum atomic E-state index is 12.0. The van der Waals surface area contributed by atoms with E-state index in [1.807, 2.05) is 17.5 Å². The second-order valence-corrected chi connectivity index (χ2v) is 12.5. The van der Waals surface area contributed by atoms with Gasteiger partial charge in [-0.1, -0.05) is 43.4 Å². The molecular weight excluding hydrogens is 502 g/mol. The van der Waals surface area contributed by atoms with E-state index < -0.39 is 15.8 Å². The van der Waals surface area contributed by atoms with Gasteiger partial charge >= 0.3 is 5.97 Å². The van der Waals surface area contributed by atoms with Crippen LogP contribution >= 0.6 is 22.7 Å². The molecule has 4 aromatic rings. The summed E-state index contributed by atoms with van der Waals surface area (Å²) in [6, 6.07) is 12.2. The summed E-state index contributed by atoms with van der Waals surface area (Å²) in [6.07, 6.45) is 4.52. The van der Waals surface area contributed by atoms with E-state index in [0.29, 0.717) is 11.0 Å². The molecule has 0 bridgehead atoms. The Morgan fingerprint density at radius 3 is 2.49 bits per heavy atom. The SMILES string of the molecule is CC(C)CCc1nc(Nc2ncc(-c3cccs3)cc2C(=O)O)sc1-c1ccc(S(C)(=O)=O)cc1. The molecule has 0 unspecified atom stereocenters. The number of rotatable bonds is 9. The second kappa shape index (κ2) is 10.3. The fourth-order valence-corrected chi connectivity index (χ4v) is 5.84. The van der Waals surface area contributed by atoms with Crippen LogP contribution in [0.5, 0.6) is 0 Å². The fraction of sp³-hybridized carbons (Fsp3) is 0.240. The summed E-state index contributed by atoms with van der Waals surface area (Å²) in [5.41, 5.74) is 2.55. The number of carboxylic acid groups (broad SMARTS) is 1. The van der Waals surface area contributed by atoms with Gasteiger partial charge in [-0.25, -0.2) is 23.2 Å². The lowest BCUT2D eigenvalue weighted by molar-refractivity contribution is 0.0697. The predicted octanol–water partition coefficient (Wildman–Crippen LogP) is 6.37. The minimum atomic E-state index is -3.29. The number of aromatic nitrogens is 2. The number of sulfone groups is 1. The zero-order valence-electron chi connectivity index (χ0n) is 19.5. The maximum Gasteiger partial charge on any atom is 0.339 e. The smallest absolute Gasteiger partial charge is 0.339 e. The summed E-state index contributed by atoms with van der Waals surface area (Å²) >= 11 is 2.91. The van der Waals surface area contributed by atoms with Crippen molar-refractivity contribution in [1.29, 1.82) is 0 Å². The van der Waals surface area contributed by atoms with Crippen LogP contribution in [0.2, 0.25) is 0 Å². The molecule has 4 rings (SSSR count). The maximum absolute atomic E-state index is 12.0. The molecule has 0 radical (unpaired) electrons. The van der Waals surface area contributed by atoms with Crippen molar-refractivity contribution in [2.45, 2.75) is 31.6 Å². The van der Waals surface area contributed by atoms with Crippen LogP contribution in [-0.2, 0) is 16.3 Å². The zero-order chi connectivity index (χ0) is 25.2. The summed E-state index contributed by atoms with van der Waals surface area (Å²) in [7, 11) is -3.29. The molecule has 0 aliphatic rings. The van der Waals surface area contributed by atoms with E-state index in [0.717, 1.165) is 39.4 Å². The largest absolute Gasteiger partial charge is 0.478 e. The number of anilines is 2. The van der Waals surface area contributed by atoms with Crippen LogP contribution in [0.15, 0.2) is 58.9 Å². The second-order valence-electron chi connectivity index (χ2n) is 8.55. The summed E-state index contributed by atoms with van der Waals surface area (Å²) in [5, 5.41) is 15.4. The van der Waals surface area contributed by atoms with Crippen LogP contribution in [0.4, 0.5) is 10.9 Å². The van der Waals surface area contributed by atoms with Crippen molar-refractivity contribution in [2.24, 2.45) is 5.92 Å². The van der Waals surface area contributed by atoms with Crippen LogP contribution in [0, 0.1) is 5.92 Å². The van der Waals surface area contributed by atoms with Crippen molar-refractivity contribution in [3.05, 3.63) is 65.3 Å². The predicted molar refractivity (Wildman–Crippen MR) is 142 cm³/mol. The molecule has 182 valence electrons. The van der Waals surface area contributed by atoms with Crippen molar-refractivity contribution >= 4 is 49.4 Å². The molecule has 3 heterocycles. The number of hydrogen-bond acceptors (Lipinski definition) is 8. The zero-order valence-corrected chi connectivity index (χ0v) is 21.9. The quantitative estimate of drug-likeness (QED) is 0.260. The van der Waals surface area contributed by atoms with Crippen molar-refractivity contribution in [3.8, 4) is 20.9 Å². The van der Waals surface area contributed by atoms with Gasteiger partial charge in [-0.05, 0) is 54.0 Å². The number of pyridine rings is 1. The van der Waals surface area contributed by atoms with Crippen LogP contribution < -0.4 is 5.32 Å². The number of carboxylic acids is 1. The monoisotopic (exact) mass is 527 g/mol. The molecule has 0 fully saturated rings. The summed E-state index contributed by atoms with van der Waals surface area (Å²) < 4.78 is 23.7. The van der Waals surface area contributed by atoms with Crippen molar-refractivity contribution in [1.82, 2.24) is 9.97 Å². The van der Waals surface area contributed by atoms with Gasteiger partial charge in [0.25, 0.3) is 0 Å². The van der Waals surface area contributed by atoms with Gasteiger partial charge in [0.15, 0.2) is 15.0 Å². The van der Waals surface area contributed by atoms with Crippen LogP contribution in [0.1, 0.15) is 36.3 Å². The summed E-state index contributed by atoms with van der Waals surface area (Å²) in [4.78, 5) is 23.2. The highest BCUT2D eigenvalue weighted by Crippen LogP contribution is 2.37. The minimum Gasteiger partial charge on any atom is -0.478 e. The van der Waals surface area contributed by atoms with Crippen LogP contribution in [0.3, 0.4) is 0 Å². The third-order valence-corrected chi connectivity index (χ3v) is 8.46. The Hall–Kier alpha value is -3.08. The Bertz CT molecular complexity index is 1440. The van der Waals surface area contributed by atoms with Crippen molar-refractivity contribution in [3.63, 3.8) is 0 Å². The first kappa shape index (κ1) is 25.0. The fourth-order valence-electron chi connectivity index (χ4n) is 3.49. The first-order chi connectivity index (χ1) is 16.6. The molecule has 0 spiro atoms. The highest BCUT2D eigenvalue weighted by atomic mass is 32.2. The molecule has 2 N–H and O–H groups in total. The average Bonchev–Trinajstić information content (AvgIpc) is 3.48. The summed E-state index contributed by atoms with van der Waals surface area (Å²) in [5.74, 6) is -0.369. The number of thiophene rings is 1. The molecule has 0 atom stereocenters. The Balaban J connectivity index is 1.69. The van der Waals surface area contributed by atoms with E-state index in [4.69, 9.17) is 4.98 Å². The molecule has 0 aliphatic heterocycles. The van der Waals surface area contributed by atoms with Gasteiger partial charge in [0.2, 0.25) is 0 Å². The lowest BCUT2D eigenvalue weighted by Gasteiger charge is -2.07. The first-order valence-corrected chi connectivity index (χ1v) is 14.5. The third-order valence-electron chi connectivity index (χ3n) is 5.35. The van der Waals surface area contributed by atoms with Crippen LogP contribution in [0.25, 0.3) is 20.9 Å². The third kappa shape index (κ3) is 5.95. The van der Waals surface area contributed by atoms with E-state index in [-0.39, 0.29) is 16.3 Å². The molecule has 3 aromatic heterocycles. The van der Waals surface area contributed by atoms with Crippen molar-refractivity contribution in [2.75, 3.05) is 11.6 Å². The summed E-state index contributed by atoms with van der Waals surface area (Å²) in [6.45, 7) is 4.29. The highest BCUT2D eigenvalue weighted by molar-refractivity contribution is 7.90. The van der Waals surface area contributed by atoms with E-state index in [9.17, 15) is 18.3 Å². The molecule has 10 heteroatoms. The van der Waals surface area contributed by atoms with Gasteiger partial charge in [-0.3, -0.25) is 0 Å². The van der Waals surface area contributed by atoms with Gasteiger partial charge in [-0.2, -0.15) is 0 Å². The number of benzene rings is 1. The molecule has 1 aromatic carbocycles.